The van der Waals surface area contributed by atoms with Crippen molar-refractivity contribution in [2.24, 2.45) is 0 Å². The van der Waals surface area contributed by atoms with Crippen molar-refractivity contribution in [2.75, 3.05) is 19.6 Å². The van der Waals surface area contributed by atoms with Crippen molar-refractivity contribution in [3.63, 3.8) is 0 Å². The van der Waals surface area contributed by atoms with Gasteiger partial charge in [0.2, 0.25) is 0 Å². The highest BCUT2D eigenvalue weighted by Gasteiger charge is 2.22. The van der Waals surface area contributed by atoms with Crippen molar-refractivity contribution in [3.8, 4) is 0 Å². The van der Waals surface area contributed by atoms with E-state index in [1.54, 1.807) is 0 Å². The summed E-state index contributed by atoms with van der Waals surface area (Å²) in [5.41, 5.74) is -0.199. The zero-order chi connectivity index (χ0) is 14.7. The second-order valence-electron chi connectivity index (χ2n) is 4.96. The number of benzene rings is 1. The van der Waals surface area contributed by atoms with Crippen LogP contribution >= 0.6 is 0 Å². The molecule has 1 aromatic carbocycles. The lowest BCUT2D eigenvalue weighted by atomic mass is 10.0. The molecule has 1 unspecified atom stereocenters. The standard InChI is InChI=1S/C14H17F3N2O/c1-2-19-5-3-4-10(8-19)18-14(20)9-6-11(15)13(17)12(16)7-9/h6-7,10H,2-5,8H2,1H3,(H,18,20). The molecule has 0 bridgehead atoms. The summed E-state index contributed by atoms with van der Waals surface area (Å²) < 4.78 is 39.0. The number of nitrogens with zero attached hydrogens (tertiary/aromatic N) is 1. The van der Waals surface area contributed by atoms with Crippen LogP contribution in [-0.4, -0.2) is 36.5 Å². The van der Waals surface area contributed by atoms with E-state index in [-0.39, 0.29) is 11.6 Å². The molecule has 1 fully saturated rings. The number of nitrogens with one attached hydrogen (secondary N) is 1. The van der Waals surface area contributed by atoms with Crippen LogP contribution in [-0.2, 0) is 0 Å². The maximum Gasteiger partial charge on any atom is 0.251 e. The molecule has 1 amide bonds. The minimum atomic E-state index is -1.56. The van der Waals surface area contributed by atoms with Crippen LogP contribution in [0.3, 0.4) is 0 Å². The van der Waals surface area contributed by atoms with Crippen LogP contribution in [0.4, 0.5) is 13.2 Å². The average Bonchev–Trinajstić information content (AvgIpc) is 2.44. The second-order valence-corrected chi connectivity index (χ2v) is 4.96. The highest BCUT2D eigenvalue weighted by atomic mass is 19.2. The van der Waals surface area contributed by atoms with E-state index >= 15 is 0 Å². The number of amides is 1. The molecule has 1 aliphatic heterocycles. The van der Waals surface area contributed by atoms with Gasteiger partial charge in [0.25, 0.3) is 5.91 Å². The first-order valence-corrected chi connectivity index (χ1v) is 6.69. The van der Waals surface area contributed by atoms with E-state index in [0.29, 0.717) is 18.7 Å². The highest BCUT2D eigenvalue weighted by molar-refractivity contribution is 5.94. The van der Waals surface area contributed by atoms with Crippen LogP contribution in [0.1, 0.15) is 30.1 Å². The summed E-state index contributed by atoms with van der Waals surface area (Å²) >= 11 is 0. The van der Waals surface area contributed by atoms with Gasteiger partial charge < -0.3 is 10.2 Å². The van der Waals surface area contributed by atoms with E-state index in [9.17, 15) is 18.0 Å². The quantitative estimate of drug-likeness (QED) is 0.865. The van der Waals surface area contributed by atoms with Gasteiger partial charge in [0.1, 0.15) is 0 Å². The topological polar surface area (TPSA) is 32.3 Å². The molecule has 0 saturated carbocycles. The smallest absolute Gasteiger partial charge is 0.251 e. The third-order valence-electron chi connectivity index (χ3n) is 3.53. The van der Waals surface area contributed by atoms with Crippen molar-refractivity contribution in [1.29, 1.82) is 0 Å². The van der Waals surface area contributed by atoms with Gasteiger partial charge in [0.15, 0.2) is 17.5 Å². The molecule has 1 aromatic rings. The first-order chi connectivity index (χ1) is 9.51. The Bertz CT molecular complexity index is 484. The monoisotopic (exact) mass is 286 g/mol. The van der Waals surface area contributed by atoms with Gasteiger partial charge in [-0.15, -0.1) is 0 Å². The first-order valence-electron chi connectivity index (χ1n) is 6.69. The summed E-state index contributed by atoms with van der Waals surface area (Å²) in [5, 5.41) is 2.74. The minimum absolute atomic E-state index is 0.0487. The Hall–Kier alpha value is -1.56. The number of carbonyl (C=O) groups is 1. The molecule has 1 heterocycles. The fraction of sp³-hybridized carbons (Fsp3) is 0.500. The number of halogens is 3. The fourth-order valence-electron chi connectivity index (χ4n) is 2.42. The molecule has 110 valence electrons. The molecular weight excluding hydrogens is 269 g/mol. The van der Waals surface area contributed by atoms with Crippen molar-refractivity contribution in [3.05, 3.63) is 35.1 Å². The molecule has 20 heavy (non-hydrogen) atoms. The van der Waals surface area contributed by atoms with Crippen LogP contribution in [0.25, 0.3) is 0 Å². The summed E-state index contributed by atoms with van der Waals surface area (Å²) in [6, 6.07) is 1.38. The number of piperidine rings is 1. The molecule has 0 aliphatic carbocycles. The number of rotatable bonds is 3. The molecule has 1 saturated heterocycles. The van der Waals surface area contributed by atoms with Gasteiger partial charge in [-0.25, -0.2) is 13.2 Å². The largest absolute Gasteiger partial charge is 0.348 e. The van der Waals surface area contributed by atoms with Crippen molar-refractivity contribution in [2.45, 2.75) is 25.8 Å². The Kier molecular flexibility index (Phi) is 4.65. The third kappa shape index (κ3) is 3.30. The third-order valence-corrected chi connectivity index (χ3v) is 3.53. The Balaban J connectivity index is 2.05. The maximum atomic E-state index is 13.1. The summed E-state index contributed by atoms with van der Waals surface area (Å²) in [4.78, 5) is 14.1. The predicted octanol–water partition coefficient (Wildman–Crippen LogP) is 2.32. The zero-order valence-electron chi connectivity index (χ0n) is 11.3. The van der Waals surface area contributed by atoms with E-state index in [1.807, 2.05) is 6.92 Å². The number of likely N-dealkylation sites (tertiary alicyclic amines) is 1. The van der Waals surface area contributed by atoms with Gasteiger partial charge in [-0.1, -0.05) is 6.92 Å². The number of hydrogen-bond donors (Lipinski definition) is 1. The van der Waals surface area contributed by atoms with E-state index in [2.05, 4.69) is 10.2 Å². The van der Waals surface area contributed by atoms with E-state index in [1.165, 1.54) is 0 Å². The summed E-state index contributed by atoms with van der Waals surface area (Å²) in [7, 11) is 0. The molecule has 2 rings (SSSR count). The van der Waals surface area contributed by atoms with Crippen LogP contribution in [0.5, 0.6) is 0 Å². The van der Waals surface area contributed by atoms with Crippen LogP contribution < -0.4 is 5.32 Å². The van der Waals surface area contributed by atoms with E-state index in [0.717, 1.165) is 25.9 Å². The second kappa shape index (κ2) is 6.26. The highest BCUT2D eigenvalue weighted by Crippen LogP contribution is 2.15. The molecule has 0 aromatic heterocycles. The summed E-state index contributed by atoms with van der Waals surface area (Å²) in [6.07, 6.45) is 1.79. The van der Waals surface area contributed by atoms with Crippen molar-refractivity contribution in [1.82, 2.24) is 10.2 Å². The Labute approximate surface area is 115 Å². The molecule has 1 aliphatic rings. The molecule has 1 atom stereocenters. The Morgan fingerprint density at radius 2 is 2.00 bits per heavy atom. The average molecular weight is 286 g/mol. The number of carbonyl (C=O) groups excluding carboxylic acids is 1. The van der Waals surface area contributed by atoms with E-state index in [4.69, 9.17) is 0 Å². The molecular formula is C14H17F3N2O. The van der Waals surface area contributed by atoms with E-state index < -0.39 is 23.4 Å². The fourth-order valence-corrected chi connectivity index (χ4v) is 2.42. The summed E-state index contributed by atoms with van der Waals surface area (Å²) in [6.45, 7) is 4.64. The van der Waals surface area contributed by atoms with Gasteiger partial charge in [0, 0.05) is 18.2 Å². The van der Waals surface area contributed by atoms with Crippen LogP contribution in [0.15, 0.2) is 12.1 Å². The predicted molar refractivity (Wildman–Crippen MR) is 68.9 cm³/mol. The van der Waals surface area contributed by atoms with Crippen LogP contribution in [0, 0.1) is 17.5 Å². The molecule has 0 spiro atoms. The first kappa shape index (κ1) is 14.8. The molecule has 3 nitrogen and oxygen atoms in total. The minimum Gasteiger partial charge on any atom is -0.348 e. The maximum absolute atomic E-state index is 13.1. The summed E-state index contributed by atoms with van der Waals surface area (Å²) in [5.74, 6) is -4.84. The lowest BCUT2D eigenvalue weighted by molar-refractivity contribution is 0.0904. The van der Waals surface area contributed by atoms with Crippen molar-refractivity contribution < 1.29 is 18.0 Å². The van der Waals surface area contributed by atoms with Gasteiger partial charge in [-0.3, -0.25) is 4.79 Å². The normalized spacial score (nSPS) is 19.9. The van der Waals surface area contributed by atoms with Gasteiger partial charge in [0.05, 0.1) is 0 Å². The van der Waals surface area contributed by atoms with Gasteiger partial charge in [-0.05, 0) is 38.1 Å². The molecule has 6 heteroatoms. The molecule has 0 radical (unpaired) electrons. The SMILES string of the molecule is CCN1CCCC(NC(=O)c2cc(F)c(F)c(F)c2)C1. The Morgan fingerprint density at radius 3 is 2.60 bits per heavy atom. The van der Waals surface area contributed by atoms with Gasteiger partial charge >= 0.3 is 0 Å². The lowest BCUT2D eigenvalue weighted by Gasteiger charge is -2.32. The number of likely N-dealkylation sites (N-methyl/N-ethyl adjacent to an activating group) is 1. The molecule has 1 N–H and O–H groups in total. The van der Waals surface area contributed by atoms with Crippen LogP contribution in [0.2, 0.25) is 0 Å². The van der Waals surface area contributed by atoms with Gasteiger partial charge in [-0.2, -0.15) is 0 Å². The van der Waals surface area contributed by atoms with Crippen molar-refractivity contribution >= 4 is 5.91 Å². The Morgan fingerprint density at radius 1 is 1.35 bits per heavy atom. The number of hydrogen-bond acceptors (Lipinski definition) is 2. The zero-order valence-corrected chi connectivity index (χ0v) is 11.3. The lowest BCUT2D eigenvalue weighted by Crippen LogP contribution is -2.47.